The van der Waals surface area contributed by atoms with Crippen LogP contribution in [0.15, 0.2) is 35.3 Å². The van der Waals surface area contributed by atoms with E-state index in [9.17, 15) is 0 Å². The molecule has 0 fully saturated rings. The molecular formula is C19H22N2OS2. The zero-order valence-electron chi connectivity index (χ0n) is 13.9. The third-order valence-electron chi connectivity index (χ3n) is 4.92. The molecule has 2 aromatic rings. The van der Waals surface area contributed by atoms with Gasteiger partial charge in [0.05, 0.1) is 12.1 Å². The number of aryl methyl sites for hydroxylation is 1. The largest absolute Gasteiger partial charge is 0.380 e. The van der Waals surface area contributed by atoms with Gasteiger partial charge in [-0.05, 0) is 54.5 Å². The standard InChI is InChI=1S/C19H22N2OS2/c1-22-12-13-4-2-5-14(10-13)17-11-15-16(24-17)6-3-7-19(15)8-9-23-18(20)21-19/h2,4-5,10-11H,3,6-9,12H2,1H3,(H2,20,21). The topological polar surface area (TPSA) is 47.6 Å². The smallest absolute Gasteiger partial charge is 0.154 e. The number of amidine groups is 1. The van der Waals surface area contributed by atoms with Gasteiger partial charge in [0, 0.05) is 22.6 Å². The van der Waals surface area contributed by atoms with Crippen LogP contribution in [0.2, 0.25) is 0 Å². The third kappa shape index (κ3) is 2.89. The molecule has 0 bridgehead atoms. The van der Waals surface area contributed by atoms with Crippen LogP contribution < -0.4 is 5.73 Å². The lowest BCUT2D eigenvalue weighted by Crippen LogP contribution is -2.34. The molecule has 1 aromatic heterocycles. The maximum absolute atomic E-state index is 6.07. The van der Waals surface area contributed by atoms with Crippen molar-refractivity contribution in [3.05, 3.63) is 46.3 Å². The van der Waals surface area contributed by atoms with E-state index >= 15 is 0 Å². The van der Waals surface area contributed by atoms with Gasteiger partial charge in [-0.1, -0.05) is 30.0 Å². The van der Waals surface area contributed by atoms with Crippen molar-refractivity contribution in [3.63, 3.8) is 0 Å². The van der Waals surface area contributed by atoms with Crippen LogP contribution in [0.1, 0.15) is 35.3 Å². The highest BCUT2D eigenvalue weighted by atomic mass is 32.2. The Morgan fingerprint density at radius 1 is 1.29 bits per heavy atom. The number of benzene rings is 1. The van der Waals surface area contributed by atoms with Crippen LogP contribution in [0.25, 0.3) is 10.4 Å². The first-order valence-electron chi connectivity index (χ1n) is 8.40. The summed E-state index contributed by atoms with van der Waals surface area (Å²) in [6.45, 7) is 0.654. The number of ether oxygens (including phenoxy) is 1. The minimum Gasteiger partial charge on any atom is -0.380 e. The molecule has 126 valence electrons. The van der Waals surface area contributed by atoms with Gasteiger partial charge >= 0.3 is 0 Å². The van der Waals surface area contributed by atoms with Gasteiger partial charge in [0.25, 0.3) is 0 Å². The molecule has 2 heterocycles. The zero-order chi connectivity index (χ0) is 16.6. The Balaban J connectivity index is 1.75. The fourth-order valence-corrected chi connectivity index (χ4v) is 5.99. The van der Waals surface area contributed by atoms with Gasteiger partial charge < -0.3 is 10.5 Å². The molecule has 0 saturated heterocycles. The van der Waals surface area contributed by atoms with Crippen LogP contribution in [0.3, 0.4) is 0 Å². The quantitative estimate of drug-likeness (QED) is 0.876. The predicted octanol–water partition coefficient (Wildman–Crippen LogP) is 4.54. The van der Waals surface area contributed by atoms with E-state index in [2.05, 4.69) is 30.3 Å². The van der Waals surface area contributed by atoms with Crippen molar-refractivity contribution >= 4 is 28.3 Å². The number of hydrogen-bond donors (Lipinski definition) is 1. The van der Waals surface area contributed by atoms with E-state index in [1.54, 1.807) is 18.9 Å². The number of methoxy groups -OCH3 is 1. The minimum atomic E-state index is -0.0677. The Labute approximate surface area is 151 Å². The highest BCUT2D eigenvalue weighted by Crippen LogP contribution is 2.48. The van der Waals surface area contributed by atoms with E-state index in [1.165, 1.54) is 39.3 Å². The molecule has 4 rings (SSSR count). The summed E-state index contributed by atoms with van der Waals surface area (Å²) in [4.78, 5) is 7.75. The average molecular weight is 359 g/mol. The second-order valence-electron chi connectivity index (χ2n) is 6.51. The molecule has 1 spiro atoms. The second-order valence-corrected chi connectivity index (χ2v) is 8.77. The Bertz CT molecular complexity index is 783. The Kier molecular flexibility index (Phi) is 4.41. The Hall–Kier alpha value is -1.30. The molecule has 1 aromatic carbocycles. The fraction of sp³-hybridized carbons (Fsp3) is 0.421. The van der Waals surface area contributed by atoms with Crippen LogP contribution >= 0.6 is 23.1 Å². The van der Waals surface area contributed by atoms with E-state index in [0.717, 1.165) is 23.8 Å². The summed E-state index contributed by atoms with van der Waals surface area (Å²) in [5.41, 5.74) is 9.92. The van der Waals surface area contributed by atoms with E-state index in [4.69, 9.17) is 15.5 Å². The second kappa shape index (κ2) is 6.54. The number of thiophene rings is 1. The number of nitrogens with zero attached hydrogens (tertiary/aromatic N) is 1. The van der Waals surface area contributed by atoms with E-state index in [1.807, 2.05) is 11.3 Å². The summed E-state index contributed by atoms with van der Waals surface area (Å²) in [6, 6.07) is 11.0. The molecule has 0 saturated carbocycles. The van der Waals surface area contributed by atoms with Crippen molar-refractivity contribution in [2.45, 2.75) is 37.8 Å². The third-order valence-corrected chi connectivity index (χ3v) is 6.96. The highest BCUT2D eigenvalue weighted by molar-refractivity contribution is 8.13. The number of hydrogen-bond acceptors (Lipinski definition) is 5. The van der Waals surface area contributed by atoms with Gasteiger partial charge in [0.15, 0.2) is 5.17 Å². The summed E-state index contributed by atoms with van der Waals surface area (Å²) >= 11 is 3.61. The van der Waals surface area contributed by atoms with Crippen LogP contribution in [0.5, 0.6) is 0 Å². The number of thioether (sulfide) groups is 1. The molecule has 2 aliphatic rings. The van der Waals surface area contributed by atoms with Crippen LogP contribution in [0, 0.1) is 0 Å². The van der Waals surface area contributed by atoms with E-state index in [0.29, 0.717) is 6.61 Å². The number of aliphatic imine (C=N–C) groups is 1. The maximum Gasteiger partial charge on any atom is 0.154 e. The molecule has 1 aliphatic heterocycles. The summed E-state index contributed by atoms with van der Waals surface area (Å²) < 4.78 is 5.27. The molecule has 0 radical (unpaired) electrons. The van der Waals surface area contributed by atoms with Crippen molar-refractivity contribution in [1.82, 2.24) is 0 Å². The molecular weight excluding hydrogens is 336 g/mol. The molecule has 3 nitrogen and oxygen atoms in total. The van der Waals surface area contributed by atoms with Gasteiger partial charge in [-0.3, -0.25) is 4.99 Å². The van der Waals surface area contributed by atoms with E-state index < -0.39 is 0 Å². The van der Waals surface area contributed by atoms with Crippen molar-refractivity contribution in [2.75, 3.05) is 12.9 Å². The van der Waals surface area contributed by atoms with E-state index in [-0.39, 0.29) is 5.54 Å². The Morgan fingerprint density at radius 2 is 2.21 bits per heavy atom. The maximum atomic E-state index is 6.07. The fourth-order valence-electron chi connectivity index (χ4n) is 3.81. The average Bonchev–Trinajstić information content (AvgIpc) is 3.02. The van der Waals surface area contributed by atoms with Gasteiger partial charge in [-0.25, -0.2) is 0 Å². The SMILES string of the molecule is COCc1cccc(-c2cc3c(s2)CCCC32CCSC(N)=N2)c1. The summed E-state index contributed by atoms with van der Waals surface area (Å²) in [5.74, 6) is 1.07. The normalized spacial score (nSPS) is 23.1. The Morgan fingerprint density at radius 3 is 3.04 bits per heavy atom. The highest BCUT2D eigenvalue weighted by Gasteiger charge is 2.39. The van der Waals surface area contributed by atoms with Gasteiger partial charge in [0.1, 0.15) is 0 Å². The first-order chi connectivity index (χ1) is 11.7. The number of fused-ring (bicyclic) bond motifs is 2. The summed E-state index contributed by atoms with van der Waals surface area (Å²) in [6.07, 6.45) is 4.60. The molecule has 0 amide bonds. The number of rotatable bonds is 3. The minimum absolute atomic E-state index is 0.0677. The molecule has 24 heavy (non-hydrogen) atoms. The molecule has 1 aliphatic carbocycles. The monoisotopic (exact) mass is 358 g/mol. The summed E-state index contributed by atoms with van der Waals surface area (Å²) in [7, 11) is 1.74. The molecule has 1 atom stereocenters. The lowest BCUT2D eigenvalue weighted by Gasteiger charge is -2.36. The lowest BCUT2D eigenvalue weighted by atomic mass is 9.78. The van der Waals surface area contributed by atoms with Gasteiger partial charge in [0.2, 0.25) is 0 Å². The van der Waals surface area contributed by atoms with Gasteiger partial charge in [-0.2, -0.15) is 0 Å². The van der Waals surface area contributed by atoms with Crippen molar-refractivity contribution < 1.29 is 4.74 Å². The first kappa shape index (κ1) is 16.2. The molecule has 2 N–H and O–H groups in total. The van der Waals surface area contributed by atoms with Crippen LogP contribution in [-0.2, 0) is 23.3 Å². The van der Waals surface area contributed by atoms with Gasteiger partial charge in [-0.15, -0.1) is 11.3 Å². The predicted molar refractivity (Wildman–Crippen MR) is 104 cm³/mol. The number of nitrogens with two attached hydrogens (primary N) is 1. The molecule has 5 heteroatoms. The van der Waals surface area contributed by atoms with Crippen molar-refractivity contribution in [3.8, 4) is 10.4 Å². The van der Waals surface area contributed by atoms with Crippen molar-refractivity contribution in [1.29, 1.82) is 0 Å². The zero-order valence-corrected chi connectivity index (χ0v) is 15.5. The first-order valence-corrected chi connectivity index (χ1v) is 10.2. The van der Waals surface area contributed by atoms with Crippen LogP contribution in [-0.4, -0.2) is 18.0 Å². The summed E-state index contributed by atoms with van der Waals surface area (Å²) in [5, 5.41) is 0.754. The lowest BCUT2D eigenvalue weighted by molar-refractivity contribution is 0.185. The molecule has 1 unspecified atom stereocenters. The van der Waals surface area contributed by atoms with Crippen LogP contribution in [0.4, 0.5) is 0 Å². The van der Waals surface area contributed by atoms with Crippen molar-refractivity contribution in [2.24, 2.45) is 10.7 Å².